The highest BCUT2D eigenvalue weighted by molar-refractivity contribution is 7.92. The summed E-state index contributed by atoms with van der Waals surface area (Å²) in [5.41, 5.74) is 3.48. The summed E-state index contributed by atoms with van der Waals surface area (Å²) in [4.78, 5) is 28.8. The van der Waals surface area contributed by atoms with Gasteiger partial charge in [-0.25, -0.2) is 8.42 Å². The number of hydrogen-bond donors (Lipinski definition) is 1. The quantitative estimate of drug-likeness (QED) is 0.470. The average Bonchev–Trinajstić information content (AvgIpc) is 2.87. The Morgan fingerprint density at radius 2 is 1.68 bits per heavy atom. The van der Waals surface area contributed by atoms with E-state index in [0.717, 1.165) is 52.9 Å². The van der Waals surface area contributed by atoms with Gasteiger partial charge in [0, 0.05) is 12.6 Å². The van der Waals surface area contributed by atoms with Gasteiger partial charge in [-0.05, 0) is 68.4 Å². The van der Waals surface area contributed by atoms with Crippen molar-refractivity contribution in [1.82, 2.24) is 10.2 Å². The lowest BCUT2D eigenvalue weighted by atomic mass is 9.95. The number of aryl methyl sites for hydroxylation is 2. The van der Waals surface area contributed by atoms with Crippen LogP contribution in [0.5, 0.6) is 0 Å². The Bertz CT molecular complexity index is 1160. The highest BCUT2D eigenvalue weighted by atomic mass is 32.2. The van der Waals surface area contributed by atoms with E-state index in [1.165, 1.54) is 6.42 Å². The van der Waals surface area contributed by atoms with E-state index in [9.17, 15) is 18.0 Å². The second-order valence-corrected chi connectivity index (χ2v) is 12.0. The van der Waals surface area contributed by atoms with Crippen LogP contribution in [-0.4, -0.2) is 56.6 Å². The Kier molecular flexibility index (Phi) is 10.1. The van der Waals surface area contributed by atoms with Crippen LogP contribution in [-0.2, 0) is 26.0 Å². The van der Waals surface area contributed by atoms with E-state index >= 15 is 0 Å². The lowest BCUT2D eigenvalue weighted by Gasteiger charge is -2.34. The summed E-state index contributed by atoms with van der Waals surface area (Å²) in [5.74, 6) is -0.543. The fourth-order valence-corrected chi connectivity index (χ4v) is 5.78. The molecule has 0 aliphatic heterocycles. The van der Waals surface area contributed by atoms with Crippen molar-refractivity contribution >= 4 is 27.5 Å². The predicted molar refractivity (Wildman–Crippen MR) is 149 cm³/mol. The number of carbonyl (C=O) groups excluding carboxylic acids is 2. The van der Waals surface area contributed by atoms with Gasteiger partial charge in [-0.3, -0.25) is 13.9 Å². The van der Waals surface area contributed by atoms with Gasteiger partial charge in [0.05, 0.1) is 11.9 Å². The first-order valence-electron chi connectivity index (χ1n) is 13.3. The summed E-state index contributed by atoms with van der Waals surface area (Å²) < 4.78 is 26.7. The number of hydrogen-bond acceptors (Lipinski definition) is 4. The molecule has 1 saturated carbocycles. The molecule has 1 aliphatic carbocycles. The molecule has 0 aromatic heterocycles. The van der Waals surface area contributed by atoms with Gasteiger partial charge in [0.1, 0.15) is 12.6 Å². The van der Waals surface area contributed by atoms with Crippen LogP contribution in [0.3, 0.4) is 0 Å². The van der Waals surface area contributed by atoms with Gasteiger partial charge in [-0.1, -0.05) is 62.6 Å². The fourth-order valence-electron chi connectivity index (χ4n) is 4.93. The van der Waals surface area contributed by atoms with Gasteiger partial charge < -0.3 is 10.2 Å². The van der Waals surface area contributed by atoms with Crippen LogP contribution in [0.25, 0.3) is 0 Å². The minimum absolute atomic E-state index is 0.129. The maximum absolute atomic E-state index is 13.8. The Balaban J connectivity index is 1.87. The summed E-state index contributed by atoms with van der Waals surface area (Å²) >= 11 is 0. The molecule has 1 fully saturated rings. The molecule has 0 spiro atoms. The van der Waals surface area contributed by atoms with Gasteiger partial charge in [0.2, 0.25) is 21.8 Å². The lowest BCUT2D eigenvalue weighted by Crippen LogP contribution is -2.54. The van der Waals surface area contributed by atoms with Gasteiger partial charge in [0.25, 0.3) is 0 Å². The number of anilines is 1. The number of amides is 2. The first-order chi connectivity index (χ1) is 17.6. The van der Waals surface area contributed by atoms with Gasteiger partial charge in [0.15, 0.2) is 0 Å². The van der Waals surface area contributed by atoms with Crippen LogP contribution in [0.15, 0.2) is 48.5 Å². The topological polar surface area (TPSA) is 86.8 Å². The van der Waals surface area contributed by atoms with E-state index in [-0.39, 0.29) is 24.4 Å². The molecule has 1 N–H and O–H groups in total. The molecule has 2 aromatic carbocycles. The molecule has 8 heteroatoms. The largest absolute Gasteiger partial charge is 0.352 e. The molecule has 202 valence electrons. The molecule has 7 nitrogen and oxygen atoms in total. The maximum atomic E-state index is 13.8. The molecular formula is C29H41N3O4S. The molecule has 0 saturated heterocycles. The minimum atomic E-state index is -3.73. The number of sulfonamides is 1. The molecule has 3 rings (SSSR count). The molecule has 37 heavy (non-hydrogen) atoms. The molecule has 1 atom stereocenters. The van der Waals surface area contributed by atoms with E-state index in [0.29, 0.717) is 25.1 Å². The van der Waals surface area contributed by atoms with E-state index < -0.39 is 16.1 Å². The zero-order valence-corrected chi connectivity index (χ0v) is 23.4. The number of rotatable bonds is 11. The molecule has 1 aliphatic rings. The van der Waals surface area contributed by atoms with Crippen molar-refractivity contribution in [2.24, 2.45) is 0 Å². The maximum Gasteiger partial charge on any atom is 0.244 e. The highest BCUT2D eigenvalue weighted by Gasteiger charge is 2.32. The van der Waals surface area contributed by atoms with Crippen molar-refractivity contribution in [1.29, 1.82) is 0 Å². The van der Waals surface area contributed by atoms with Crippen LogP contribution in [0, 0.1) is 13.8 Å². The lowest BCUT2D eigenvalue weighted by molar-refractivity contribution is -0.140. The first-order valence-corrected chi connectivity index (χ1v) is 15.1. The van der Waals surface area contributed by atoms with Crippen LogP contribution >= 0.6 is 0 Å². The summed E-state index contributed by atoms with van der Waals surface area (Å²) in [6.45, 7) is 5.73. The SMILES string of the molecule is CC[C@H](C(=O)NC1CCCCC1)N(CCc1ccccc1)C(=O)CN(c1ccc(C)c(C)c1)S(C)(=O)=O. The Morgan fingerprint density at radius 1 is 1.00 bits per heavy atom. The van der Waals surface area contributed by atoms with Crippen molar-refractivity contribution in [3.8, 4) is 0 Å². The van der Waals surface area contributed by atoms with Crippen LogP contribution in [0.4, 0.5) is 5.69 Å². The number of carbonyl (C=O) groups is 2. The van der Waals surface area contributed by atoms with Crippen molar-refractivity contribution in [2.75, 3.05) is 23.7 Å². The first kappa shape index (κ1) is 28.7. The standard InChI is InChI=1S/C29H41N3O4S/c1-5-27(29(34)30-25-14-10-7-11-15-25)31(19-18-24-12-8-6-9-13-24)28(33)21-32(37(4,35)36)26-17-16-22(2)23(3)20-26/h6,8-9,12-13,16-17,20,25,27H,5,7,10-11,14-15,18-19,21H2,1-4H3,(H,30,34)/t27-/m1/s1. The number of nitrogens with one attached hydrogen (secondary N) is 1. The predicted octanol–water partition coefficient (Wildman–Crippen LogP) is 4.37. The second kappa shape index (κ2) is 13.1. The zero-order chi connectivity index (χ0) is 27.0. The van der Waals surface area contributed by atoms with E-state index in [1.54, 1.807) is 17.0 Å². The third-order valence-corrected chi connectivity index (χ3v) is 8.42. The van der Waals surface area contributed by atoms with E-state index in [2.05, 4.69) is 5.32 Å². The summed E-state index contributed by atoms with van der Waals surface area (Å²) in [6, 6.07) is 14.6. The molecule has 0 radical (unpaired) electrons. The smallest absolute Gasteiger partial charge is 0.244 e. The molecule has 2 aromatic rings. The molecule has 0 heterocycles. The fraction of sp³-hybridized carbons (Fsp3) is 0.517. The molecule has 0 unspecified atom stereocenters. The summed E-state index contributed by atoms with van der Waals surface area (Å²) in [7, 11) is -3.73. The average molecular weight is 528 g/mol. The number of benzene rings is 2. The second-order valence-electron chi connectivity index (χ2n) is 10.1. The van der Waals surface area contributed by atoms with Crippen LogP contribution in [0.1, 0.15) is 62.1 Å². The number of nitrogens with zero attached hydrogens (tertiary/aromatic N) is 2. The summed E-state index contributed by atoms with van der Waals surface area (Å²) in [5, 5.41) is 3.17. The highest BCUT2D eigenvalue weighted by Crippen LogP contribution is 2.23. The van der Waals surface area contributed by atoms with Gasteiger partial charge >= 0.3 is 0 Å². The molecule has 2 amide bonds. The van der Waals surface area contributed by atoms with Crippen molar-refractivity contribution < 1.29 is 18.0 Å². The van der Waals surface area contributed by atoms with Crippen LogP contribution < -0.4 is 9.62 Å². The van der Waals surface area contributed by atoms with Crippen molar-refractivity contribution in [2.45, 2.75) is 77.8 Å². The monoisotopic (exact) mass is 527 g/mol. The van der Waals surface area contributed by atoms with Crippen LogP contribution in [0.2, 0.25) is 0 Å². The minimum Gasteiger partial charge on any atom is -0.352 e. The van der Waals surface area contributed by atoms with E-state index in [4.69, 9.17) is 0 Å². The third kappa shape index (κ3) is 8.06. The molecule has 0 bridgehead atoms. The normalized spacial score (nSPS) is 15.1. The van der Waals surface area contributed by atoms with Gasteiger partial charge in [-0.2, -0.15) is 0 Å². The Hall–Kier alpha value is -2.87. The van der Waals surface area contributed by atoms with Crippen molar-refractivity contribution in [3.05, 3.63) is 65.2 Å². The van der Waals surface area contributed by atoms with Crippen molar-refractivity contribution in [3.63, 3.8) is 0 Å². The van der Waals surface area contributed by atoms with E-state index in [1.807, 2.05) is 57.2 Å². The summed E-state index contributed by atoms with van der Waals surface area (Å²) in [6.07, 6.45) is 7.41. The Labute approximate surface area is 222 Å². The Morgan fingerprint density at radius 3 is 2.27 bits per heavy atom. The van der Waals surface area contributed by atoms with Gasteiger partial charge in [-0.15, -0.1) is 0 Å². The zero-order valence-electron chi connectivity index (χ0n) is 22.6. The third-order valence-electron chi connectivity index (χ3n) is 7.28. The molecular weight excluding hydrogens is 486 g/mol.